The number of pyridine rings is 1. The van der Waals surface area contributed by atoms with Crippen LogP contribution in [0.15, 0.2) is 24.5 Å². The van der Waals surface area contributed by atoms with E-state index in [0.29, 0.717) is 26.1 Å². The zero-order valence-electron chi connectivity index (χ0n) is 8.52. The number of aromatic nitrogens is 1. The van der Waals surface area contributed by atoms with Gasteiger partial charge in [-0.25, -0.2) is 0 Å². The van der Waals surface area contributed by atoms with Crippen LogP contribution in [0.4, 0.5) is 0 Å². The molecule has 1 atom stereocenters. The first-order chi connectivity index (χ1) is 6.83. The fourth-order valence-corrected chi connectivity index (χ4v) is 1.26. The van der Waals surface area contributed by atoms with Gasteiger partial charge in [-0.1, -0.05) is 6.07 Å². The molecule has 0 amide bonds. The van der Waals surface area contributed by atoms with E-state index in [0.717, 1.165) is 5.56 Å². The number of hydrogen-bond donors (Lipinski definition) is 1. The van der Waals surface area contributed by atoms with Gasteiger partial charge >= 0.3 is 0 Å². The van der Waals surface area contributed by atoms with Crippen LogP contribution in [-0.2, 0) is 11.2 Å². The van der Waals surface area contributed by atoms with E-state index < -0.39 is 0 Å². The van der Waals surface area contributed by atoms with E-state index in [1.54, 1.807) is 12.4 Å². The predicted molar refractivity (Wildman–Crippen MR) is 55.1 cm³/mol. The molecule has 1 rings (SSSR count). The first-order valence-corrected chi connectivity index (χ1v) is 4.97. The Balaban J connectivity index is 2.23. The second kappa shape index (κ2) is 6.51. The van der Waals surface area contributed by atoms with E-state index in [1.165, 1.54) is 0 Å². The van der Waals surface area contributed by atoms with Gasteiger partial charge in [0.25, 0.3) is 0 Å². The number of rotatable bonds is 6. The molecular formula is C11H17NO2. The lowest BCUT2D eigenvalue weighted by atomic mass is 10.1. The van der Waals surface area contributed by atoms with Gasteiger partial charge in [-0.3, -0.25) is 4.98 Å². The van der Waals surface area contributed by atoms with E-state index in [4.69, 9.17) is 4.74 Å². The molecule has 0 radical (unpaired) electrons. The topological polar surface area (TPSA) is 42.4 Å². The highest BCUT2D eigenvalue weighted by molar-refractivity contribution is 5.09. The summed E-state index contributed by atoms with van der Waals surface area (Å²) < 4.78 is 5.17. The van der Waals surface area contributed by atoms with Crippen LogP contribution >= 0.6 is 0 Å². The Labute approximate surface area is 84.7 Å². The molecule has 1 heterocycles. The van der Waals surface area contributed by atoms with Crippen molar-refractivity contribution < 1.29 is 9.84 Å². The lowest BCUT2D eigenvalue weighted by Crippen LogP contribution is -2.13. The summed E-state index contributed by atoms with van der Waals surface area (Å²) in [6, 6.07) is 3.85. The molecule has 1 N–H and O–H groups in total. The maximum atomic E-state index is 9.62. The highest BCUT2D eigenvalue weighted by Gasteiger charge is 2.04. The first kappa shape index (κ1) is 11.1. The number of aliphatic hydroxyl groups excluding tert-OH is 1. The van der Waals surface area contributed by atoms with E-state index in [1.807, 2.05) is 19.1 Å². The van der Waals surface area contributed by atoms with Gasteiger partial charge in [0.1, 0.15) is 0 Å². The molecule has 0 bridgehead atoms. The summed E-state index contributed by atoms with van der Waals surface area (Å²) in [5.41, 5.74) is 1.07. The third-order valence-corrected chi connectivity index (χ3v) is 1.99. The second-order valence-electron chi connectivity index (χ2n) is 3.20. The van der Waals surface area contributed by atoms with Gasteiger partial charge < -0.3 is 9.84 Å². The van der Waals surface area contributed by atoms with Crippen molar-refractivity contribution in [2.75, 3.05) is 13.2 Å². The quantitative estimate of drug-likeness (QED) is 0.698. The minimum absolute atomic E-state index is 0.328. The maximum Gasteiger partial charge on any atom is 0.0603 e. The summed E-state index contributed by atoms with van der Waals surface area (Å²) in [7, 11) is 0. The summed E-state index contributed by atoms with van der Waals surface area (Å²) in [6.45, 7) is 3.28. The lowest BCUT2D eigenvalue weighted by molar-refractivity contribution is 0.0887. The smallest absolute Gasteiger partial charge is 0.0603 e. The van der Waals surface area contributed by atoms with Crippen LogP contribution in [-0.4, -0.2) is 29.4 Å². The van der Waals surface area contributed by atoms with Crippen LogP contribution in [0, 0.1) is 0 Å². The molecule has 0 fully saturated rings. The molecule has 3 nitrogen and oxygen atoms in total. The average molecular weight is 195 g/mol. The monoisotopic (exact) mass is 195 g/mol. The van der Waals surface area contributed by atoms with Crippen LogP contribution in [0.25, 0.3) is 0 Å². The Morgan fingerprint density at radius 3 is 3.07 bits per heavy atom. The maximum absolute atomic E-state index is 9.62. The molecule has 3 heteroatoms. The van der Waals surface area contributed by atoms with E-state index in [2.05, 4.69) is 4.98 Å². The van der Waals surface area contributed by atoms with Gasteiger partial charge in [0.05, 0.1) is 6.10 Å². The third-order valence-electron chi connectivity index (χ3n) is 1.99. The number of aliphatic hydroxyl groups is 1. The van der Waals surface area contributed by atoms with E-state index in [-0.39, 0.29) is 6.10 Å². The van der Waals surface area contributed by atoms with Crippen molar-refractivity contribution in [1.29, 1.82) is 0 Å². The highest BCUT2D eigenvalue weighted by atomic mass is 16.5. The molecule has 14 heavy (non-hydrogen) atoms. The minimum Gasteiger partial charge on any atom is -0.393 e. The molecule has 0 saturated carbocycles. The van der Waals surface area contributed by atoms with Crippen LogP contribution in [0.2, 0.25) is 0 Å². The minimum atomic E-state index is -0.328. The number of hydrogen-bond acceptors (Lipinski definition) is 3. The molecule has 0 saturated heterocycles. The lowest BCUT2D eigenvalue weighted by Gasteiger charge is -2.09. The molecule has 1 aromatic heterocycles. The Bertz CT molecular complexity index is 238. The van der Waals surface area contributed by atoms with Crippen molar-refractivity contribution in [2.45, 2.75) is 25.9 Å². The van der Waals surface area contributed by atoms with Crippen LogP contribution in [0.5, 0.6) is 0 Å². The Kier molecular flexibility index (Phi) is 5.19. The predicted octanol–water partition coefficient (Wildman–Crippen LogP) is 1.41. The molecule has 0 aliphatic heterocycles. The van der Waals surface area contributed by atoms with Crippen molar-refractivity contribution in [2.24, 2.45) is 0 Å². The summed E-state index contributed by atoms with van der Waals surface area (Å²) in [5, 5.41) is 9.62. The van der Waals surface area contributed by atoms with Gasteiger partial charge in [-0.2, -0.15) is 0 Å². The summed E-state index contributed by atoms with van der Waals surface area (Å²) in [6.07, 6.45) is 4.52. The Morgan fingerprint density at radius 2 is 2.43 bits per heavy atom. The fraction of sp³-hybridized carbons (Fsp3) is 0.545. The molecule has 78 valence electrons. The largest absolute Gasteiger partial charge is 0.393 e. The van der Waals surface area contributed by atoms with Gasteiger partial charge in [0.2, 0.25) is 0 Å². The normalized spacial score (nSPS) is 12.7. The summed E-state index contributed by atoms with van der Waals surface area (Å²) >= 11 is 0. The first-order valence-electron chi connectivity index (χ1n) is 4.97. The highest BCUT2D eigenvalue weighted by Crippen LogP contribution is 2.04. The van der Waals surface area contributed by atoms with Gasteiger partial charge in [-0.15, -0.1) is 0 Å². The molecule has 0 spiro atoms. The van der Waals surface area contributed by atoms with Crippen molar-refractivity contribution in [3.05, 3.63) is 30.1 Å². The summed E-state index contributed by atoms with van der Waals surface area (Å²) in [5.74, 6) is 0. The van der Waals surface area contributed by atoms with Crippen LogP contribution in [0.3, 0.4) is 0 Å². The number of ether oxygens (including phenoxy) is 1. The van der Waals surface area contributed by atoms with Gasteiger partial charge in [0.15, 0.2) is 0 Å². The molecule has 0 aliphatic carbocycles. The van der Waals surface area contributed by atoms with Crippen molar-refractivity contribution in [3.8, 4) is 0 Å². The zero-order valence-corrected chi connectivity index (χ0v) is 8.52. The Morgan fingerprint density at radius 1 is 1.57 bits per heavy atom. The standard InChI is InChI=1S/C11H17NO2/c1-2-14-7-5-11(13)8-10-4-3-6-12-9-10/h3-4,6,9,11,13H,2,5,7-8H2,1H3. The number of nitrogens with zero attached hydrogens (tertiary/aromatic N) is 1. The fourth-order valence-electron chi connectivity index (χ4n) is 1.26. The van der Waals surface area contributed by atoms with E-state index in [9.17, 15) is 5.11 Å². The second-order valence-corrected chi connectivity index (χ2v) is 3.20. The van der Waals surface area contributed by atoms with Gasteiger partial charge in [0, 0.05) is 25.6 Å². The van der Waals surface area contributed by atoms with Crippen molar-refractivity contribution >= 4 is 0 Å². The zero-order chi connectivity index (χ0) is 10.2. The summed E-state index contributed by atoms with van der Waals surface area (Å²) in [4.78, 5) is 3.99. The van der Waals surface area contributed by atoms with Crippen molar-refractivity contribution in [3.63, 3.8) is 0 Å². The Hall–Kier alpha value is -0.930. The van der Waals surface area contributed by atoms with Crippen LogP contribution < -0.4 is 0 Å². The molecular weight excluding hydrogens is 178 g/mol. The molecule has 1 unspecified atom stereocenters. The molecule has 1 aromatic rings. The average Bonchev–Trinajstić information content (AvgIpc) is 2.20. The molecule has 0 aliphatic rings. The van der Waals surface area contributed by atoms with Gasteiger partial charge in [-0.05, 0) is 31.4 Å². The van der Waals surface area contributed by atoms with Crippen molar-refractivity contribution in [1.82, 2.24) is 4.98 Å². The third kappa shape index (κ3) is 4.35. The van der Waals surface area contributed by atoms with Crippen LogP contribution in [0.1, 0.15) is 18.9 Å². The SMILES string of the molecule is CCOCCC(O)Cc1cccnc1. The van der Waals surface area contributed by atoms with E-state index >= 15 is 0 Å². The molecule has 0 aromatic carbocycles.